The van der Waals surface area contributed by atoms with Gasteiger partial charge in [0, 0.05) is 19.5 Å². The van der Waals surface area contributed by atoms with Crippen LogP contribution in [0, 0.1) is 17.8 Å². The summed E-state index contributed by atoms with van der Waals surface area (Å²) < 4.78 is 16.9. The standard InChI is InChI=1S/C48H69N5O9/c1-33(2)27-39(43(55)48(5)31-62-48)50-44(56)40(29-36-17-11-7-12-18-36)51-45(57)41(28-34(3)4)53(32-61-47(59)37-19-13-8-14-20-37)46(58)38(22-21-35-15-9-6-10-16-35)49-42(54)30-52-23-25-60-26-24-52/h6-7,9-12,15-18,33-34,37-41H,8,13-14,19-32H2,1-5H3,(H,49,54)(H,50,56)(H,51,57)/t38-,39-,40-,41-,48+/m0/s1. The van der Waals surface area contributed by atoms with E-state index in [4.69, 9.17) is 14.2 Å². The van der Waals surface area contributed by atoms with Gasteiger partial charge in [0.2, 0.25) is 23.6 Å². The van der Waals surface area contributed by atoms with Crippen LogP contribution in [0.3, 0.4) is 0 Å². The molecule has 0 bridgehead atoms. The molecule has 3 fully saturated rings. The molecule has 14 nitrogen and oxygen atoms in total. The molecule has 3 N–H and O–H groups in total. The number of benzene rings is 2. The smallest absolute Gasteiger partial charge is 0.310 e. The highest BCUT2D eigenvalue weighted by molar-refractivity contribution is 5.99. The Morgan fingerprint density at radius 3 is 1.97 bits per heavy atom. The number of rotatable bonds is 23. The van der Waals surface area contributed by atoms with Gasteiger partial charge in [-0.2, -0.15) is 0 Å². The minimum atomic E-state index is -1.20. The van der Waals surface area contributed by atoms with Crippen LogP contribution in [-0.4, -0.2) is 121 Å². The molecule has 0 aromatic heterocycles. The zero-order valence-corrected chi connectivity index (χ0v) is 37.4. The summed E-state index contributed by atoms with van der Waals surface area (Å²) >= 11 is 0. The second-order valence-corrected chi connectivity index (χ2v) is 18.2. The number of hydrogen-bond donors (Lipinski definition) is 3. The minimum absolute atomic E-state index is 0.0624. The van der Waals surface area contributed by atoms with Crippen molar-refractivity contribution in [1.29, 1.82) is 0 Å². The number of Topliss-reactive ketones (excluding diaryl/α,β-unsaturated/α-hetero) is 1. The Bertz CT molecular complexity index is 1780. The van der Waals surface area contributed by atoms with Crippen molar-refractivity contribution in [2.45, 2.75) is 129 Å². The first kappa shape index (κ1) is 48.4. The van der Waals surface area contributed by atoms with Crippen LogP contribution >= 0.6 is 0 Å². The summed E-state index contributed by atoms with van der Waals surface area (Å²) in [6.45, 7) is 11.5. The average Bonchev–Trinajstić information content (AvgIpc) is 4.02. The lowest BCUT2D eigenvalue weighted by molar-refractivity contribution is -0.164. The van der Waals surface area contributed by atoms with Crippen LogP contribution in [0.15, 0.2) is 60.7 Å². The first-order chi connectivity index (χ1) is 29.7. The Morgan fingerprint density at radius 1 is 0.774 bits per heavy atom. The molecule has 1 aliphatic carbocycles. The molecule has 14 heteroatoms. The second-order valence-electron chi connectivity index (χ2n) is 18.2. The third kappa shape index (κ3) is 15.0. The van der Waals surface area contributed by atoms with Crippen LogP contribution in [0.1, 0.15) is 97.1 Å². The predicted octanol–water partition coefficient (Wildman–Crippen LogP) is 4.38. The lowest BCUT2D eigenvalue weighted by atomic mass is 9.89. The molecule has 0 spiro atoms. The van der Waals surface area contributed by atoms with Gasteiger partial charge < -0.3 is 30.2 Å². The number of esters is 1. The Balaban J connectivity index is 1.46. The Kier molecular flexibility index (Phi) is 18.5. The summed E-state index contributed by atoms with van der Waals surface area (Å²) in [7, 11) is 0. The summed E-state index contributed by atoms with van der Waals surface area (Å²) in [6, 6.07) is 14.6. The number of carbonyl (C=O) groups excluding carboxylic acids is 6. The van der Waals surface area contributed by atoms with Gasteiger partial charge in [-0.1, -0.05) is 108 Å². The van der Waals surface area contributed by atoms with Crippen LogP contribution in [0.2, 0.25) is 0 Å². The Hall–Kier alpha value is -4.66. The van der Waals surface area contributed by atoms with Gasteiger partial charge in [0.1, 0.15) is 23.7 Å². The molecule has 340 valence electrons. The van der Waals surface area contributed by atoms with Crippen LogP contribution in [-0.2, 0) is 55.8 Å². The first-order valence-electron chi connectivity index (χ1n) is 22.7. The average molecular weight is 860 g/mol. The van der Waals surface area contributed by atoms with Crippen molar-refractivity contribution >= 4 is 35.4 Å². The van der Waals surface area contributed by atoms with Crippen molar-refractivity contribution in [3.63, 3.8) is 0 Å². The zero-order chi connectivity index (χ0) is 44.6. The largest absolute Gasteiger partial charge is 0.444 e. The van der Waals surface area contributed by atoms with E-state index in [1.165, 1.54) is 4.90 Å². The Morgan fingerprint density at radius 2 is 1.37 bits per heavy atom. The molecule has 1 saturated carbocycles. The van der Waals surface area contributed by atoms with Crippen molar-refractivity contribution in [3.8, 4) is 0 Å². The van der Waals surface area contributed by atoms with Gasteiger partial charge in [-0.15, -0.1) is 0 Å². The molecule has 2 aromatic rings. The second kappa shape index (κ2) is 23.7. The fraction of sp³-hybridized carbons (Fsp3) is 0.625. The maximum atomic E-state index is 15.1. The van der Waals surface area contributed by atoms with E-state index in [1.54, 1.807) is 6.92 Å². The highest BCUT2D eigenvalue weighted by atomic mass is 16.6. The molecule has 4 amide bonds. The maximum absolute atomic E-state index is 15.1. The number of ketones is 1. The monoisotopic (exact) mass is 860 g/mol. The lowest BCUT2D eigenvalue weighted by Crippen LogP contribution is -2.60. The van der Waals surface area contributed by atoms with E-state index < -0.39 is 60.2 Å². The number of aryl methyl sites for hydroxylation is 1. The van der Waals surface area contributed by atoms with E-state index in [1.807, 2.05) is 93.3 Å². The van der Waals surface area contributed by atoms with Gasteiger partial charge in [-0.25, -0.2) is 0 Å². The van der Waals surface area contributed by atoms with Crippen LogP contribution in [0.25, 0.3) is 0 Å². The van der Waals surface area contributed by atoms with Crippen LogP contribution in [0.5, 0.6) is 0 Å². The molecule has 0 radical (unpaired) electrons. The molecule has 3 aliphatic rings. The highest BCUT2D eigenvalue weighted by Crippen LogP contribution is 2.30. The van der Waals surface area contributed by atoms with Gasteiger partial charge in [-0.3, -0.25) is 38.6 Å². The summed E-state index contributed by atoms with van der Waals surface area (Å²) in [5.74, 6) is -3.12. The summed E-state index contributed by atoms with van der Waals surface area (Å²) in [4.78, 5) is 88.4. The van der Waals surface area contributed by atoms with Crippen LogP contribution < -0.4 is 16.0 Å². The summed E-state index contributed by atoms with van der Waals surface area (Å²) in [5, 5.41) is 8.89. The number of nitrogens with one attached hydrogen (secondary N) is 3. The predicted molar refractivity (Wildman–Crippen MR) is 234 cm³/mol. The topological polar surface area (TPSA) is 176 Å². The van der Waals surface area contributed by atoms with Crippen molar-refractivity contribution in [2.75, 3.05) is 46.2 Å². The molecule has 62 heavy (non-hydrogen) atoms. The number of carbonyl (C=O) groups is 6. The number of hydrogen-bond acceptors (Lipinski definition) is 10. The minimum Gasteiger partial charge on any atom is -0.444 e. The maximum Gasteiger partial charge on any atom is 0.310 e. The van der Waals surface area contributed by atoms with Gasteiger partial charge in [0.25, 0.3) is 0 Å². The Labute approximate surface area is 367 Å². The third-order valence-electron chi connectivity index (χ3n) is 12.0. The van der Waals surface area contributed by atoms with Crippen molar-refractivity contribution in [2.24, 2.45) is 17.8 Å². The van der Waals surface area contributed by atoms with E-state index in [0.29, 0.717) is 52.0 Å². The SMILES string of the molecule is CC(C)C[C@H](NC(=O)[C@H](Cc1ccccc1)NC(=O)[C@H](CC(C)C)N(COC(=O)C1CCCCC1)C(=O)[C@H](CCc1ccccc1)NC(=O)CN1CCOCC1)C(=O)[C@@]1(C)CO1. The van der Waals surface area contributed by atoms with E-state index in [0.717, 1.165) is 30.4 Å². The van der Waals surface area contributed by atoms with E-state index in [2.05, 4.69) is 16.0 Å². The molecule has 2 saturated heterocycles. The fourth-order valence-corrected chi connectivity index (χ4v) is 8.26. The molecular formula is C48H69N5O9. The molecule has 5 rings (SSSR count). The summed E-state index contributed by atoms with van der Waals surface area (Å²) in [6.07, 6.45) is 5.51. The van der Waals surface area contributed by atoms with Crippen molar-refractivity contribution in [3.05, 3.63) is 71.8 Å². The molecule has 2 heterocycles. The molecular weight excluding hydrogens is 791 g/mol. The lowest BCUT2D eigenvalue weighted by Gasteiger charge is -2.36. The molecule has 2 aromatic carbocycles. The summed E-state index contributed by atoms with van der Waals surface area (Å²) in [5.41, 5.74) is 0.763. The first-order valence-corrected chi connectivity index (χ1v) is 22.7. The van der Waals surface area contributed by atoms with Gasteiger partial charge in [-0.05, 0) is 68.4 Å². The van der Waals surface area contributed by atoms with E-state index in [-0.39, 0.29) is 61.9 Å². The van der Waals surface area contributed by atoms with Gasteiger partial charge in [0.05, 0.1) is 38.3 Å². The molecule has 2 aliphatic heterocycles. The highest BCUT2D eigenvalue weighted by Gasteiger charge is 2.50. The van der Waals surface area contributed by atoms with E-state index >= 15 is 4.79 Å². The normalized spacial score (nSPS) is 20.0. The molecule has 0 unspecified atom stereocenters. The van der Waals surface area contributed by atoms with E-state index in [9.17, 15) is 24.0 Å². The number of nitrogens with zero attached hydrogens (tertiary/aromatic N) is 2. The quantitative estimate of drug-likeness (QED) is 0.0827. The van der Waals surface area contributed by atoms with Crippen molar-refractivity contribution in [1.82, 2.24) is 25.8 Å². The fourth-order valence-electron chi connectivity index (χ4n) is 8.26. The number of amides is 4. The van der Waals surface area contributed by atoms with Gasteiger partial charge in [0.15, 0.2) is 12.5 Å². The zero-order valence-electron chi connectivity index (χ0n) is 37.4. The number of epoxide rings is 1. The number of morpholine rings is 1. The van der Waals surface area contributed by atoms with Crippen molar-refractivity contribution < 1.29 is 43.0 Å². The third-order valence-corrected chi connectivity index (χ3v) is 12.0. The van der Waals surface area contributed by atoms with Gasteiger partial charge >= 0.3 is 5.97 Å². The molecule has 5 atom stereocenters. The van der Waals surface area contributed by atoms with Crippen LogP contribution in [0.4, 0.5) is 0 Å². The number of ether oxygens (including phenoxy) is 3.